The number of amides is 2. The summed E-state index contributed by atoms with van der Waals surface area (Å²) in [6, 6.07) is 11.2. The minimum absolute atomic E-state index is 0.135. The topological polar surface area (TPSA) is 101 Å². The molecule has 0 fully saturated rings. The number of furan rings is 1. The van der Waals surface area contributed by atoms with Gasteiger partial charge in [0.05, 0.1) is 24.2 Å². The van der Waals surface area contributed by atoms with Crippen LogP contribution in [-0.4, -0.2) is 59.6 Å². The highest BCUT2D eigenvalue weighted by Gasteiger charge is 2.45. The summed E-state index contributed by atoms with van der Waals surface area (Å²) in [5.41, 5.74) is 2.72. The van der Waals surface area contributed by atoms with Crippen molar-refractivity contribution in [3.63, 3.8) is 0 Å². The van der Waals surface area contributed by atoms with Crippen molar-refractivity contribution in [2.75, 3.05) is 43.1 Å². The molecule has 0 radical (unpaired) electrons. The number of hydrogen-bond donors (Lipinski definition) is 0. The third-order valence-electron chi connectivity index (χ3n) is 8.19. The zero-order chi connectivity index (χ0) is 30.7. The van der Waals surface area contributed by atoms with Gasteiger partial charge >= 0.3 is 0 Å². The first-order chi connectivity index (χ1) is 20.6. The Morgan fingerprint density at radius 2 is 1.84 bits per heavy atom. The molecule has 0 unspecified atom stereocenters. The summed E-state index contributed by atoms with van der Waals surface area (Å²) in [7, 11) is 1.70. The van der Waals surface area contributed by atoms with Gasteiger partial charge < -0.3 is 23.5 Å². The van der Waals surface area contributed by atoms with Gasteiger partial charge in [-0.2, -0.15) is 0 Å². The van der Waals surface area contributed by atoms with Gasteiger partial charge in [0.15, 0.2) is 5.58 Å². The van der Waals surface area contributed by atoms with E-state index < -0.39 is 5.41 Å². The van der Waals surface area contributed by atoms with Crippen molar-refractivity contribution in [2.24, 2.45) is 5.41 Å². The van der Waals surface area contributed by atoms with Gasteiger partial charge in [0.25, 0.3) is 5.56 Å². The molecule has 1 aromatic carbocycles. The Kier molecular flexibility index (Phi) is 8.68. The van der Waals surface area contributed by atoms with Gasteiger partial charge in [0.2, 0.25) is 11.8 Å². The van der Waals surface area contributed by atoms with E-state index in [2.05, 4.69) is 9.88 Å². The van der Waals surface area contributed by atoms with Crippen LogP contribution in [0.2, 0.25) is 0 Å². The first-order valence-electron chi connectivity index (χ1n) is 14.7. The molecule has 0 N–H and O–H groups in total. The monoisotopic (exact) mass is 585 g/mol. The molecule has 3 aromatic heterocycles. The van der Waals surface area contributed by atoms with Crippen LogP contribution in [0.5, 0.6) is 5.75 Å². The Morgan fingerprint density at radius 1 is 1.02 bits per heavy atom. The Bertz CT molecular complexity index is 1690. The first kappa shape index (κ1) is 30.0. The molecule has 5 rings (SSSR count). The summed E-state index contributed by atoms with van der Waals surface area (Å²) in [6.45, 7) is 10.9. The number of pyridine rings is 2. The lowest BCUT2D eigenvalue weighted by molar-refractivity contribution is -0.137. The van der Waals surface area contributed by atoms with Crippen LogP contribution in [0, 0.1) is 12.3 Å². The van der Waals surface area contributed by atoms with Crippen LogP contribution in [0.4, 0.5) is 11.4 Å². The maximum Gasteiger partial charge on any atom is 0.294 e. The van der Waals surface area contributed by atoms with Crippen LogP contribution in [0.3, 0.4) is 0 Å². The van der Waals surface area contributed by atoms with Gasteiger partial charge in [-0.15, -0.1) is 0 Å². The van der Waals surface area contributed by atoms with Crippen molar-refractivity contribution in [1.82, 2.24) is 14.5 Å². The van der Waals surface area contributed by atoms with E-state index in [1.807, 2.05) is 56.6 Å². The van der Waals surface area contributed by atoms with Crippen molar-refractivity contribution in [3.05, 3.63) is 82.7 Å². The second-order valence-electron chi connectivity index (χ2n) is 11.5. The molecule has 0 bridgehead atoms. The molecule has 2 amide bonds. The zero-order valence-corrected chi connectivity index (χ0v) is 25.5. The number of anilines is 2. The molecule has 0 spiro atoms. The Labute approximate surface area is 251 Å². The highest BCUT2D eigenvalue weighted by Crippen LogP contribution is 2.40. The first-order valence-corrected chi connectivity index (χ1v) is 14.7. The largest absolute Gasteiger partial charge is 0.493 e. The average Bonchev–Trinajstić information content (AvgIpc) is 3.48. The van der Waals surface area contributed by atoms with E-state index in [9.17, 15) is 14.4 Å². The molecule has 0 atom stereocenters. The van der Waals surface area contributed by atoms with Gasteiger partial charge in [-0.1, -0.05) is 0 Å². The summed E-state index contributed by atoms with van der Waals surface area (Å²) >= 11 is 0. The van der Waals surface area contributed by atoms with Crippen LogP contribution in [0.1, 0.15) is 38.3 Å². The minimum Gasteiger partial charge on any atom is -0.493 e. The zero-order valence-electron chi connectivity index (χ0n) is 25.5. The third-order valence-corrected chi connectivity index (χ3v) is 8.19. The number of nitrogens with zero attached hydrogens (tertiary/aromatic N) is 5. The van der Waals surface area contributed by atoms with E-state index in [1.165, 1.54) is 11.8 Å². The molecule has 10 nitrogen and oxygen atoms in total. The number of fused-ring (bicyclic) bond motifs is 2. The van der Waals surface area contributed by atoms with E-state index >= 15 is 0 Å². The smallest absolute Gasteiger partial charge is 0.294 e. The molecule has 0 saturated carbocycles. The van der Waals surface area contributed by atoms with E-state index in [1.54, 1.807) is 47.5 Å². The molecule has 226 valence electrons. The highest BCUT2D eigenvalue weighted by atomic mass is 16.5. The standard InChI is InChI=1S/C33H39N5O5/c1-6-38-27-9-8-26(20-28(27)35(5)31(40)33(3,4)32(38)41)42-18-7-14-36(22-25-10-13-34-21-23(25)2)16-17-37-15-11-24-12-19-43-29(24)30(37)39/h8-13,15,19-21H,6-7,14,16-18,22H2,1-5H3. The van der Waals surface area contributed by atoms with Crippen LogP contribution in [0.15, 0.2) is 70.5 Å². The quantitative estimate of drug-likeness (QED) is 0.187. The van der Waals surface area contributed by atoms with Crippen molar-refractivity contribution >= 4 is 34.2 Å². The third kappa shape index (κ3) is 6.06. The molecule has 4 heterocycles. The van der Waals surface area contributed by atoms with Crippen molar-refractivity contribution in [3.8, 4) is 5.75 Å². The normalized spacial score (nSPS) is 14.8. The maximum absolute atomic E-state index is 13.2. The number of ether oxygens (including phenoxy) is 1. The van der Waals surface area contributed by atoms with Crippen LogP contribution in [0.25, 0.3) is 11.0 Å². The molecular formula is C33H39N5O5. The number of rotatable bonds is 11. The number of carbonyl (C=O) groups is 2. The molecule has 1 aliphatic heterocycles. The average molecular weight is 586 g/mol. The predicted molar refractivity (Wildman–Crippen MR) is 166 cm³/mol. The predicted octanol–water partition coefficient (Wildman–Crippen LogP) is 4.62. The summed E-state index contributed by atoms with van der Waals surface area (Å²) in [6.07, 6.45) is 7.76. The summed E-state index contributed by atoms with van der Waals surface area (Å²) in [4.78, 5) is 48.9. The number of hydrogen-bond acceptors (Lipinski definition) is 7. The summed E-state index contributed by atoms with van der Waals surface area (Å²) < 4.78 is 13.2. The lowest BCUT2D eigenvalue weighted by atomic mass is 9.90. The van der Waals surface area contributed by atoms with Gasteiger partial charge in [-0.05, 0) is 75.6 Å². The van der Waals surface area contributed by atoms with Crippen molar-refractivity contribution in [2.45, 2.75) is 47.2 Å². The molecule has 10 heteroatoms. The van der Waals surface area contributed by atoms with Crippen LogP contribution >= 0.6 is 0 Å². The molecule has 43 heavy (non-hydrogen) atoms. The Morgan fingerprint density at radius 3 is 2.60 bits per heavy atom. The van der Waals surface area contributed by atoms with Crippen LogP contribution in [-0.2, 0) is 22.7 Å². The SMILES string of the molecule is CCN1C(=O)C(C)(C)C(=O)N(C)c2cc(OCCCN(CCn3ccc4ccoc4c3=O)Cc3ccncc3C)ccc21. The molecule has 0 saturated heterocycles. The molecule has 1 aliphatic rings. The number of benzene rings is 1. The number of aromatic nitrogens is 2. The molecular weight excluding hydrogens is 546 g/mol. The van der Waals surface area contributed by atoms with E-state index in [4.69, 9.17) is 9.15 Å². The van der Waals surface area contributed by atoms with E-state index in [0.717, 1.165) is 23.9 Å². The lowest BCUT2D eigenvalue weighted by Gasteiger charge is -2.27. The summed E-state index contributed by atoms with van der Waals surface area (Å²) in [5, 5.41) is 0.800. The Hall–Kier alpha value is -4.44. The van der Waals surface area contributed by atoms with Crippen molar-refractivity contribution in [1.29, 1.82) is 0 Å². The minimum atomic E-state index is -1.16. The fraction of sp³-hybridized carbons (Fsp3) is 0.394. The summed E-state index contributed by atoms with van der Waals surface area (Å²) in [5.74, 6) is 0.172. The van der Waals surface area contributed by atoms with Crippen LogP contribution < -0.4 is 20.1 Å². The molecule has 4 aromatic rings. The van der Waals surface area contributed by atoms with Gasteiger partial charge in [0.1, 0.15) is 11.2 Å². The highest BCUT2D eigenvalue weighted by molar-refractivity contribution is 6.20. The van der Waals surface area contributed by atoms with Gasteiger partial charge in [0, 0.05) is 69.8 Å². The Balaban J connectivity index is 1.26. The maximum atomic E-state index is 13.2. The molecule has 0 aliphatic carbocycles. The van der Waals surface area contributed by atoms with Gasteiger partial charge in [-0.25, -0.2) is 0 Å². The lowest BCUT2D eigenvalue weighted by Crippen LogP contribution is -2.47. The fourth-order valence-corrected chi connectivity index (χ4v) is 5.56. The van der Waals surface area contributed by atoms with E-state index in [0.29, 0.717) is 55.5 Å². The van der Waals surface area contributed by atoms with Crippen molar-refractivity contribution < 1.29 is 18.7 Å². The van der Waals surface area contributed by atoms with Gasteiger partial charge in [-0.3, -0.25) is 24.3 Å². The second-order valence-corrected chi connectivity index (χ2v) is 11.5. The number of aryl methyl sites for hydroxylation is 1. The van der Waals surface area contributed by atoms with E-state index in [-0.39, 0.29) is 17.4 Å². The fourth-order valence-electron chi connectivity index (χ4n) is 5.56. The number of carbonyl (C=O) groups excluding carboxylic acids is 2. The second kappa shape index (κ2) is 12.4.